The van der Waals surface area contributed by atoms with Crippen LogP contribution < -0.4 is 5.32 Å². The maximum Gasteiger partial charge on any atom is 0.323 e. The van der Waals surface area contributed by atoms with Crippen LogP contribution in [0.4, 0.5) is 10.6 Å². The number of anilines is 1. The van der Waals surface area contributed by atoms with Crippen LogP contribution in [0.5, 0.6) is 0 Å². The molecule has 7 heteroatoms. The second-order valence-corrected chi connectivity index (χ2v) is 7.55. The molecule has 0 radical (unpaired) electrons. The Morgan fingerprint density at radius 1 is 1.29 bits per heavy atom. The normalized spacial score (nSPS) is 20.5. The third-order valence-electron chi connectivity index (χ3n) is 4.74. The van der Waals surface area contributed by atoms with Crippen molar-refractivity contribution in [1.82, 2.24) is 19.9 Å². The molecule has 2 amide bonds. The number of carbonyl (C=O) groups excluding carboxylic acids is 1. The van der Waals surface area contributed by atoms with Crippen LogP contribution in [0.2, 0.25) is 0 Å². The molecule has 0 saturated carbocycles. The Morgan fingerprint density at radius 3 is 3.04 bits per heavy atom. The highest BCUT2D eigenvalue weighted by molar-refractivity contribution is 7.11. The van der Waals surface area contributed by atoms with Gasteiger partial charge in [0.1, 0.15) is 12.1 Å². The van der Waals surface area contributed by atoms with E-state index in [0.29, 0.717) is 11.7 Å². The Bertz CT molecular complexity index is 694. The molecule has 0 unspecified atom stereocenters. The monoisotopic (exact) mass is 343 g/mol. The average molecular weight is 343 g/mol. The Balaban J connectivity index is 1.43. The van der Waals surface area contributed by atoms with E-state index in [2.05, 4.69) is 15.3 Å². The molecule has 1 aliphatic carbocycles. The molecule has 1 N–H and O–H groups in total. The predicted octanol–water partition coefficient (Wildman–Crippen LogP) is 3.22. The molecule has 2 aromatic heterocycles. The second kappa shape index (κ2) is 6.84. The lowest BCUT2D eigenvalue weighted by Gasteiger charge is -2.31. The van der Waals surface area contributed by atoms with E-state index in [1.54, 1.807) is 12.3 Å². The van der Waals surface area contributed by atoms with Gasteiger partial charge in [-0.1, -0.05) is 0 Å². The SMILES string of the molecule is O=C(Nc1ccncn1)N1CCC[C@H](c2nc3c(s2)CCCC3)C1. The first-order valence-electron chi connectivity index (χ1n) is 8.60. The van der Waals surface area contributed by atoms with Gasteiger partial charge in [0.25, 0.3) is 0 Å². The lowest BCUT2D eigenvalue weighted by Crippen LogP contribution is -2.41. The van der Waals surface area contributed by atoms with Gasteiger partial charge in [-0.2, -0.15) is 0 Å². The first kappa shape index (κ1) is 15.5. The number of hydrogen-bond acceptors (Lipinski definition) is 5. The van der Waals surface area contributed by atoms with Gasteiger partial charge in [0, 0.05) is 30.1 Å². The molecule has 6 nitrogen and oxygen atoms in total. The summed E-state index contributed by atoms with van der Waals surface area (Å²) in [6, 6.07) is 1.62. The number of rotatable bonds is 2. The van der Waals surface area contributed by atoms with E-state index in [-0.39, 0.29) is 6.03 Å². The van der Waals surface area contributed by atoms with E-state index in [4.69, 9.17) is 4.98 Å². The van der Waals surface area contributed by atoms with Gasteiger partial charge in [0.05, 0.1) is 10.7 Å². The van der Waals surface area contributed by atoms with Gasteiger partial charge in [-0.3, -0.25) is 5.32 Å². The molecule has 1 saturated heterocycles. The molecule has 2 aliphatic rings. The molecule has 126 valence electrons. The molecule has 1 atom stereocenters. The number of amides is 2. The maximum atomic E-state index is 12.5. The van der Waals surface area contributed by atoms with Crippen molar-refractivity contribution in [2.75, 3.05) is 18.4 Å². The molecular formula is C17H21N5OS. The number of piperidine rings is 1. The van der Waals surface area contributed by atoms with Crippen LogP contribution in [0.15, 0.2) is 18.6 Å². The zero-order valence-corrected chi connectivity index (χ0v) is 14.4. The van der Waals surface area contributed by atoms with Crippen molar-refractivity contribution in [3.8, 4) is 0 Å². The highest BCUT2D eigenvalue weighted by Gasteiger charge is 2.28. The number of nitrogens with one attached hydrogen (secondary N) is 1. The number of nitrogens with zero attached hydrogens (tertiary/aromatic N) is 4. The largest absolute Gasteiger partial charge is 0.324 e. The van der Waals surface area contributed by atoms with E-state index < -0.39 is 0 Å². The van der Waals surface area contributed by atoms with E-state index in [1.165, 1.54) is 41.2 Å². The second-order valence-electron chi connectivity index (χ2n) is 6.44. The van der Waals surface area contributed by atoms with Crippen LogP contribution in [0, 0.1) is 0 Å². The number of aryl methyl sites for hydroxylation is 2. The van der Waals surface area contributed by atoms with Gasteiger partial charge in [0.2, 0.25) is 0 Å². The van der Waals surface area contributed by atoms with Crippen LogP contribution >= 0.6 is 11.3 Å². The van der Waals surface area contributed by atoms with E-state index >= 15 is 0 Å². The van der Waals surface area contributed by atoms with Crippen molar-refractivity contribution in [2.24, 2.45) is 0 Å². The highest BCUT2D eigenvalue weighted by atomic mass is 32.1. The number of thiazole rings is 1. The third kappa shape index (κ3) is 3.26. The summed E-state index contributed by atoms with van der Waals surface area (Å²) in [4.78, 5) is 28.6. The summed E-state index contributed by atoms with van der Waals surface area (Å²) in [5.41, 5.74) is 1.31. The molecule has 4 rings (SSSR count). The minimum atomic E-state index is -0.0836. The van der Waals surface area contributed by atoms with Crippen LogP contribution in [-0.2, 0) is 12.8 Å². The van der Waals surface area contributed by atoms with Crippen molar-refractivity contribution in [3.05, 3.63) is 34.2 Å². The summed E-state index contributed by atoms with van der Waals surface area (Å²) in [5.74, 6) is 0.910. The molecule has 0 spiro atoms. The first-order chi connectivity index (χ1) is 11.8. The number of carbonyl (C=O) groups is 1. The van der Waals surface area contributed by atoms with Crippen molar-refractivity contribution in [3.63, 3.8) is 0 Å². The average Bonchev–Trinajstić information content (AvgIpc) is 3.07. The summed E-state index contributed by atoms with van der Waals surface area (Å²) in [7, 11) is 0. The van der Waals surface area contributed by atoms with Crippen LogP contribution in [0.3, 0.4) is 0 Å². The highest BCUT2D eigenvalue weighted by Crippen LogP contribution is 2.34. The fourth-order valence-electron chi connectivity index (χ4n) is 3.46. The van der Waals surface area contributed by atoms with Crippen LogP contribution in [0.25, 0.3) is 0 Å². The first-order valence-corrected chi connectivity index (χ1v) is 9.41. The molecule has 0 aromatic carbocycles. The van der Waals surface area contributed by atoms with Gasteiger partial charge >= 0.3 is 6.03 Å². The van der Waals surface area contributed by atoms with Gasteiger partial charge in [0.15, 0.2) is 0 Å². The minimum absolute atomic E-state index is 0.0836. The molecule has 2 aromatic rings. The fourth-order valence-corrected chi connectivity index (χ4v) is 4.74. The summed E-state index contributed by atoms with van der Waals surface area (Å²) < 4.78 is 0. The zero-order chi connectivity index (χ0) is 16.4. The number of fused-ring (bicyclic) bond motifs is 1. The van der Waals surface area contributed by atoms with E-state index in [0.717, 1.165) is 32.4 Å². The molecule has 3 heterocycles. The third-order valence-corrected chi connectivity index (χ3v) is 6.06. The Morgan fingerprint density at radius 2 is 2.21 bits per heavy atom. The predicted molar refractivity (Wildman–Crippen MR) is 93.4 cm³/mol. The maximum absolute atomic E-state index is 12.5. The van der Waals surface area contributed by atoms with Crippen molar-refractivity contribution < 1.29 is 4.79 Å². The van der Waals surface area contributed by atoms with Gasteiger partial charge < -0.3 is 4.90 Å². The Hall–Kier alpha value is -2.02. The summed E-state index contributed by atoms with van der Waals surface area (Å²) in [6.07, 6.45) is 10.0. The van der Waals surface area contributed by atoms with Gasteiger partial charge in [-0.05, 0) is 44.6 Å². The summed E-state index contributed by atoms with van der Waals surface area (Å²) in [5, 5.41) is 4.08. The summed E-state index contributed by atoms with van der Waals surface area (Å²) >= 11 is 1.87. The molecule has 1 aliphatic heterocycles. The topological polar surface area (TPSA) is 71.0 Å². The lowest BCUT2D eigenvalue weighted by molar-refractivity contribution is 0.192. The number of aromatic nitrogens is 3. The van der Waals surface area contributed by atoms with Crippen molar-refractivity contribution in [1.29, 1.82) is 0 Å². The Kier molecular flexibility index (Phi) is 4.42. The molecule has 1 fully saturated rings. The minimum Gasteiger partial charge on any atom is -0.324 e. The smallest absolute Gasteiger partial charge is 0.323 e. The quantitative estimate of drug-likeness (QED) is 0.909. The number of likely N-dealkylation sites (tertiary alicyclic amines) is 1. The molecule has 24 heavy (non-hydrogen) atoms. The van der Waals surface area contributed by atoms with Gasteiger partial charge in [-0.15, -0.1) is 11.3 Å². The van der Waals surface area contributed by atoms with Crippen molar-refractivity contribution >= 4 is 23.2 Å². The summed E-state index contributed by atoms with van der Waals surface area (Å²) in [6.45, 7) is 1.53. The van der Waals surface area contributed by atoms with Crippen LogP contribution in [0.1, 0.15) is 47.2 Å². The zero-order valence-electron chi connectivity index (χ0n) is 13.6. The number of urea groups is 1. The van der Waals surface area contributed by atoms with Gasteiger partial charge in [-0.25, -0.2) is 19.7 Å². The molecule has 0 bridgehead atoms. The van der Waals surface area contributed by atoms with E-state index in [1.807, 2.05) is 16.2 Å². The van der Waals surface area contributed by atoms with Crippen LogP contribution in [-0.4, -0.2) is 39.0 Å². The Labute approximate surface area is 145 Å². The fraction of sp³-hybridized carbons (Fsp3) is 0.529. The van der Waals surface area contributed by atoms with E-state index in [9.17, 15) is 4.79 Å². The lowest BCUT2D eigenvalue weighted by atomic mass is 9.98. The van der Waals surface area contributed by atoms with Crippen molar-refractivity contribution in [2.45, 2.75) is 44.4 Å². The molecular weight excluding hydrogens is 322 g/mol. The standard InChI is InChI=1S/C17H21N5OS/c23-17(21-15-7-8-18-11-19-15)22-9-3-4-12(10-22)16-20-13-5-1-2-6-14(13)24-16/h7-8,11-12H,1-6,9-10H2,(H,18,19,21,23)/t12-/m0/s1. The number of hydrogen-bond donors (Lipinski definition) is 1.